The van der Waals surface area contributed by atoms with Crippen LogP contribution >= 0.6 is 0 Å². The lowest BCUT2D eigenvalue weighted by atomic mass is 9.99. The molecule has 0 radical (unpaired) electrons. The predicted octanol–water partition coefficient (Wildman–Crippen LogP) is 5.01. The molecule has 2 saturated heterocycles. The van der Waals surface area contributed by atoms with E-state index in [0.717, 1.165) is 36.7 Å². The molecule has 30 heavy (non-hydrogen) atoms. The van der Waals surface area contributed by atoms with Crippen LogP contribution in [0.3, 0.4) is 0 Å². The maximum atomic E-state index is 12.7. The zero-order chi connectivity index (χ0) is 20.9. The lowest BCUT2D eigenvalue weighted by molar-refractivity contribution is 0.0940. The van der Waals surface area contributed by atoms with Gasteiger partial charge >= 0.3 is 0 Å². The van der Waals surface area contributed by atoms with E-state index in [1.165, 1.54) is 50.0 Å². The Kier molecular flexibility index (Phi) is 6.73. The minimum Gasteiger partial charge on any atom is -0.371 e. The lowest BCUT2D eigenvalue weighted by Gasteiger charge is -2.33. The van der Waals surface area contributed by atoms with Crippen molar-refractivity contribution in [3.63, 3.8) is 0 Å². The Morgan fingerprint density at radius 3 is 2.37 bits per heavy atom. The van der Waals surface area contributed by atoms with Crippen molar-refractivity contribution in [2.24, 2.45) is 5.92 Å². The fourth-order valence-electron chi connectivity index (χ4n) is 4.72. The topological polar surface area (TPSA) is 35.6 Å². The van der Waals surface area contributed by atoms with Gasteiger partial charge in [0.15, 0.2) is 0 Å². The first-order valence-electron chi connectivity index (χ1n) is 11.6. The minimum absolute atomic E-state index is 0.0100. The predicted molar refractivity (Wildman–Crippen MR) is 124 cm³/mol. The van der Waals surface area contributed by atoms with Gasteiger partial charge in [-0.2, -0.15) is 0 Å². The van der Waals surface area contributed by atoms with E-state index >= 15 is 0 Å². The normalized spacial score (nSPS) is 20.9. The van der Waals surface area contributed by atoms with E-state index in [4.69, 9.17) is 0 Å². The Bertz CT molecular complexity index is 824. The summed E-state index contributed by atoms with van der Waals surface area (Å²) in [5, 5.41) is 3.15. The first-order valence-corrected chi connectivity index (χ1v) is 11.6. The van der Waals surface area contributed by atoms with Gasteiger partial charge in [0.05, 0.1) is 6.04 Å². The summed E-state index contributed by atoms with van der Waals surface area (Å²) in [6, 6.07) is 16.8. The van der Waals surface area contributed by atoms with Crippen molar-refractivity contribution in [3.8, 4) is 0 Å². The Labute approximate surface area is 181 Å². The average Bonchev–Trinajstić information content (AvgIpc) is 3.27. The molecule has 4 nitrogen and oxygen atoms in total. The summed E-state index contributed by atoms with van der Waals surface area (Å²) in [6.07, 6.45) is 5.20. The molecule has 2 aliphatic heterocycles. The van der Waals surface area contributed by atoms with Crippen LogP contribution in [0, 0.1) is 5.92 Å². The second-order valence-electron chi connectivity index (χ2n) is 9.16. The summed E-state index contributed by atoms with van der Waals surface area (Å²) >= 11 is 0. The molecule has 1 amide bonds. The third kappa shape index (κ3) is 5.23. The lowest BCUT2D eigenvalue weighted by Crippen LogP contribution is -2.34. The van der Waals surface area contributed by atoms with Crippen molar-refractivity contribution >= 4 is 11.6 Å². The van der Waals surface area contributed by atoms with Gasteiger partial charge in [0.2, 0.25) is 0 Å². The molecule has 2 atom stereocenters. The Hall–Kier alpha value is -2.33. The van der Waals surface area contributed by atoms with Crippen LogP contribution in [0.4, 0.5) is 5.69 Å². The molecule has 0 unspecified atom stereocenters. The molecule has 1 N–H and O–H groups in total. The summed E-state index contributed by atoms with van der Waals surface area (Å²) in [4.78, 5) is 17.7. The van der Waals surface area contributed by atoms with Crippen LogP contribution in [-0.4, -0.2) is 37.0 Å². The zero-order valence-electron chi connectivity index (χ0n) is 18.4. The molecule has 2 aromatic carbocycles. The molecule has 0 spiro atoms. The van der Waals surface area contributed by atoms with Gasteiger partial charge in [-0.3, -0.25) is 9.69 Å². The molecule has 2 aliphatic rings. The van der Waals surface area contributed by atoms with Crippen molar-refractivity contribution in [1.82, 2.24) is 10.2 Å². The molecule has 0 saturated carbocycles. The summed E-state index contributed by atoms with van der Waals surface area (Å²) < 4.78 is 0. The smallest absolute Gasteiger partial charge is 0.251 e. The third-order valence-corrected chi connectivity index (χ3v) is 6.58. The zero-order valence-corrected chi connectivity index (χ0v) is 18.4. The second kappa shape index (κ2) is 9.65. The number of nitrogens with one attached hydrogen (secondary N) is 1. The Morgan fingerprint density at radius 2 is 1.70 bits per heavy atom. The van der Waals surface area contributed by atoms with Crippen molar-refractivity contribution in [2.45, 2.75) is 52.1 Å². The summed E-state index contributed by atoms with van der Waals surface area (Å²) in [6.45, 7) is 10.0. The van der Waals surface area contributed by atoms with Crippen LogP contribution in [0.5, 0.6) is 0 Å². The Morgan fingerprint density at radius 1 is 1.00 bits per heavy atom. The first-order chi connectivity index (χ1) is 14.6. The Balaban J connectivity index is 1.32. The van der Waals surface area contributed by atoms with Gasteiger partial charge in [-0.1, -0.05) is 31.2 Å². The third-order valence-electron chi connectivity index (χ3n) is 6.58. The summed E-state index contributed by atoms with van der Waals surface area (Å²) in [5.41, 5.74) is 4.44. The van der Waals surface area contributed by atoms with Crippen LogP contribution in [-0.2, 0) is 6.54 Å². The maximum absolute atomic E-state index is 12.7. The van der Waals surface area contributed by atoms with Crippen molar-refractivity contribution in [1.29, 1.82) is 0 Å². The van der Waals surface area contributed by atoms with E-state index in [1.807, 2.05) is 12.1 Å². The fourth-order valence-corrected chi connectivity index (χ4v) is 4.72. The molecular weight excluding hydrogens is 370 g/mol. The van der Waals surface area contributed by atoms with Crippen molar-refractivity contribution in [2.75, 3.05) is 31.1 Å². The average molecular weight is 406 g/mol. The van der Waals surface area contributed by atoms with E-state index in [0.29, 0.717) is 0 Å². The standard InChI is InChI=1S/C26H35N3O/c1-20-6-5-17-29(18-20)25-13-11-23(12-14-25)21(2)27-26(30)24-9-7-22(8-10-24)19-28-15-3-4-16-28/h7-14,20-21H,3-6,15-19H2,1-2H3,(H,27,30)/t20-,21-/m1/s1. The number of amides is 1. The van der Waals surface area contributed by atoms with E-state index < -0.39 is 0 Å². The number of hydrogen-bond acceptors (Lipinski definition) is 3. The number of nitrogens with zero attached hydrogens (tertiary/aromatic N) is 2. The summed E-state index contributed by atoms with van der Waals surface area (Å²) in [5.74, 6) is 0.752. The van der Waals surface area contributed by atoms with Gasteiger partial charge in [0.1, 0.15) is 0 Å². The van der Waals surface area contributed by atoms with E-state index in [1.54, 1.807) is 0 Å². The number of carbonyl (C=O) groups is 1. The van der Waals surface area contributed by atoms with Gasteiger partial charge in [0.25, 0.3) is 5.91 Å². The van der Waals surface area contributed by atoms with Crippen molar-refractivity contribution in [3.05, 3.63) is 65.2 Å². The summed E-state index contributed by atoms with van der Waals surface area (Å²) in [7, 11) is 0. The van der Waals surface area contributed by atoms with E-state index in [2.05, 4.69) is 65.4 Å². The van der Waals surface area contributed by atoms with Gasteiger partial charge in [-0.25, -0.2) is 0 Å². The highest BCUT2D eigenvalue weighted by Crippen LogP contribution is 2.25. The maximum Gasteiger partial charge on any atom is 0.251 e. The molecule has 160 valence electrons. The highest BCUT2D eigenvalue weighted by molar-refractivity contribution is 5.94. The molecular formula is C26H35N3O. The highest BCUT2D eigenvalue weighted by Gasteiger charge is 2.17. The van der Waals surface area contributed by atoms with Gasteiger partial charge in [-0.05, 0) is 87.0 Å². The number of benzene rings is 2. The number of hydrogen-bond donors (Lipinski definition) is 1. The number of likely N-dealkylation sites (tertiary alicyclic amines) is 1. The van der Waals surface area contributed by atoms with Crippen LogP contribution in [0.15, 0.2) is 48.5 Å². The van der Waals surface area contributed by atoms with Crippen LogP contribution < -0.4 is 10.2 Å². The molecule has 4 heteroatoms. The quantitative estimate of drug-likeness (QED) is 0.734. The largest absolute Gasteiger partial charge is 0.371 e. The van der Waals surface area contributed by atoms with E-state index in [9.17, 15) is 4.79 Å². The molecule has 2 heterocycles. The van der Waals surface area contributed by atoms with Crippen molar-refractivity contribution < 1.29 is 4.79 Å². The monoisotopic (exact) mass is 405 g/mol. The van der Waals surface area contributed by atoms with Crippen LogP contribution in [0.1, 0.15) is 67.1 Å². The number of rotatable bonds is 6. The molecule has 2 aromatic rings. The SMILES string of the molecule is C[C@@H]1CCCN(c2ccc([C@@H](C)NC(=O)c3ccc(CN4CCCC4)cc3)cc2)C1. The molecule has 0 bridgehead atoms. The number of carbonyl (C=O) groups excluding carboxylic acids is 1. The number of anilines is 1. The highest BCUT2D eigenvalue weighted by atomic mass is 16.1. The molecule has 4 rings (SSSR count). The minimum atomic E-state index is -0.0175. The number of piperidine rings is 1. The first kappa shape index (κ1) is 20.9. The van der Waals surface area contributed by atoms with Crippen LogP contribution in [0.2, 0.25) is 0 Å². The second-order valence-corrected chi connectivity index (χ2v) is 9.16. The molecule has 0 aromatic heterocycles. The van der Waals surface area contributed by atoms with Crippen LogP contribution in [0.25, 0.3) is 0 Å². The van der Waals surface area contributed by atoms with Gasteiger partial charge in [-0.15, -0.1) is 0 Å². The molecule has 0 aliphatic carbocycles. The van der Waals surface area contributed by atoms with E-state index in [-0.39, 0.29) is 11.9 Å². The molecule has 2 fully saturated rings. The van der Waals surface area contributed by atoms with Gasteiger partial charge < -0.3 is 10.2 Å². The van der Waals surface area contributed by atoms with Gasteiger partial charge in [0, 0.05) is 30.9 Å². The fraction of sp³-hybridized carbons (Fsp3) is 0.500.